The Labute approximate surface area is 116 Å². The highest BCUT2D eigenvalue weighted by atomic mass is 19.4. The van der Waals surface area contributed by atoms with E-state index >= 15 is 0 Å². The lowest BCUT2D eigenvalue weighted by molar-refractivity contribution is -0.348. The van der Waals surface area contributed by atoms with Crippen LogP contribution < -0.4 is 0 Å². The molecule has 0 spiro atoms. The summed E-state index contributed by atoms with van der Waals surface area (Å²) in [6.45, 7) is 3.71. The third-order valence-corrected chi connectivity index (χ3v) is 3.59. The topological polar surface area (TPSA) is 0 Å². The minimum atomic E-state index is -6.08. The number of allylic oxidation sites excluding steroid dienone is 1. The molecule has 0 nitrogen and oxygen atoms in total. The van der Waals surface area contributed by atoms with Gasteiger partial charge < -0.3 is 0 Å². The smallest absolute Gasteiger partial charge is 0.218 e. The number of benzene rings is 1. The van der Waals surface area contributed by atoms with Crippen molar-refractivity contribution in [2.75, 3.05) is 0 Å². The van der Waals surface area contributed by atoms with E-state index in [-0.39, 0.29) is 5.56 Å². The first-order valence-electron chi connectivity index (χ1n) is 6.12. The van der Waals surface area contributed by atoms with Crippen molar-refractivity contribution >= 4 is 5.57 Å². The zero-order valence-corrected chi connectivity index (χ0v) is 10.7. The fourth-order valence-corrected chi connectivity index (χ4v) is 2.47. The Balaban J connectivity index is 2.61. The molecule has 21 heavy (non-hydrogen) atoms. The van der Waals surface area contributed by atoms with Crippen LogP contribution in [-0.2, 0) is 12.1 Å². The maximum Gasteiger partial charge on any atom is 0.435 e. The van der Waals surface area contributed by atoms with Crippen LogP contribution in [0.15, 0.2) is 24.8 Å². The zero-order chi connectivity index (χ0) is 16.1. The summed E-state index contributed by atoms with van der Waals surface area (Å²) < 4.78 is 90.0. The van der Waals surface area contributed by atoms with Crippen LogP contribution in [0, 0.1) is 0 Å². The van der Waals surface area contributed by atoms with Gasteiger partial charge in [0, 0.05) is 5.56 Å². The number of aryl methyl sites for hydroxylation is 1. The summed E-state index contributed by atoms with van der Waals surface area (Å²) in [5.41, 5.74) is -5.41. The summed E-state index contributed by atoms with van der Waals surface area (Å²) >= 11 is 0. The third kappa shape index (κ3) is 2.42. The van der Waals surface area contributed by atoms with Gasteiger partial charge >= 0.3 is 18.0 Å². The minimum Gasteiger partial charge on any atom is -0.218 e. The maximum atomic E-state index is 13.9. The summed E-state index contributed by atoms with van der Waals surface area (Å²) in [5, 5.41) is 0. The van der Waals surface area contributed by atoms with Crippen LogP contribution in [0.3, 0.4) is 0 Å². The zero-order valence-electron chi connectivity index (χ0n) is 10.7. The van der Waals surface area contributed by atoms with Crippen LogP contribution in [0.5, 0.6) is 0 Å². The molecule has 0 amide bonds. The van der Waals surface area contributed by atoms with Crippen molar-refractivity contribution in [3.63, 3.8) is 0 Å². The molecule has 0 saturated carbocycles. The van der Waals surface area contributed by atoms with Crippen LogP contribution in [0.1, 0.15) is 29.5 Å². The van der Waals surface area contributed by atoms with Gasteiger partial charge in [-0.05, 0) is 36.0 Å². The van der Waals surface area contributed by atoms with E-state index in [1.54, 1.807) is 0 Å². The van der Waals surface area contributed by atoms with E-state index in [4.69, 9.17) is 0 Å². The van der Waals surface area contributed by atoms with Gasteiger partial charge in [-0.25, -0.2) is 4.39 Å². The highest BCUT2D eigenvalue weighted by Gasteiger charge is 2.73. The molecule has 0 N–H and O–H groups in total. The van der Waals surface area contributed by atoms with Gasteiger partial charge in [-0.2, -0.15) is 26.3 Å². The highest BCUT2D eigenvalue weighted by Crippen LogP contribution is 2.53. The van der Waals surface area contributed by atoms with Crippen molar-refractivity contribution in [3.05, 3.63) is 41.5 Å². The number of hydrogen-bond acceptors (Lipinski definition) is 0. The minimum absolute atomic E-state index is 0.263. The number of fused-ring (bicyclic) bond motifs is 1. The average molecular weight is 312 g/mol. The number of rotatable bonds is 1. The lowest BCUT2D eigenvalue weighted by atomic mass is 9.84. The number of hydrogen-bond donors (Lipinski definition) is 0. The van der Waals surface area contributed by atoms with Crippen LogP contribution in [0.4, 0.5) is 30.7 Å². The van der Waals surface area contributed by atoms with Gasteiger partial charge in [0.1, 0.15) is 0 Å². The predicted molar refractivity (Wildman–Crippen MR) is 63.3 cm³/mol. The van der Waals surface area contributed by atoms with E-state index in [0.29, 0.717) is 42.5 Å². The molecule has 1 aliphatic rings. The van der Waals surface area contributed by atoms with Gasteiger partial charge in [0.25, 0.3) is 0 Å². The molecule has 0 saturated heterocycles. The van der Waals surface area contributed by atoms with Crippen LogP contribution in [-0.4, -0.2) is 12.4 Å². The second kappa shape index (κ2) is 4.74. The van der Waals surface area contributed by atoms with Crippen LogP contribution >= 0.6 is 0 Å². The molecule has 2 rings (SSSR count). The highest BCUT2D eigenvalue weighted by molar-refractivity contribution is 5.68. The van der Waals surface area contributed by atoms with Crippen molar-refractivity contribution in [1.82, 2.24) is 0 Å². The van der Waals surface area contributed by atoms with E-state index in [2.05, 4.69) is 6.58 Å². The second-order valence-corrected chi connectivity index (χ2v) is 4.98. The molecule has 0 atom stereocenters. The normalized spacial score (nSPS) is 16.8. The van der Waals surface area contributed by atoms with E-state index in [9.17, 15) is 30.7 Å². The first-order valence-corrected chi connectivity index (χ1v) is 6.12. The molecule has 1 aromatic carbocycles. The Kier molecular flexibility index (Phi) is 3.58. The Morgan fingerprint density at radius 1 is 0.857 bits per heavy atom. The molecule has 0 fully saturated rings. The van der Waals surface area contributed by atoms with Gasteiger partial charge in [0.2, 0.25) is 0 Å². The summed E-state index contributed by atoms with van der Waals surface area (Å²) in [6.07, 6.45) is -10.7. The summed E-state index contributed by atoms with van der Waals surface area (Å²) in [6, 6.07) is 2.27. The lowest BCUT2D eigenvalue weighted by Crippen LogP contribution is -2.50. The Bertz CT molecular complexity index is 552. The first kappa shape index (κ1) is 15.9. The number of alkyl halides is 7. The van der Waals surface area contributed by atoms with Crippen molar-refractivity contribution in [1.29, 1.82) is 0 Å². The molecule has 0 aliphatic heterocycles. The molecule has 0 bridgehead atoms. The lowest BCUT2D eigenvalue weighted by Gasteiger charge is -2.31. The summed E-state index contributed by atoms with van der Waals surface area (Å²) in [7, 11) is 0. The quantitative estimate of drug-likeness (QED) is 0.615. The fraction of sp³-hybridized carbons (Fsp3) is 0.429. The van der Waals surface area contributed by atoms with Crippen molar-refractivity contribution in [2.45, 2.75) is 37.3 Å². The van der Waals surface area contributed by atoms with Crippen LogP contribution in [0.2, 0.25) is 0 Å². The molecular weight excluding hydrogens is 301 g/mol. The fourth-order valence-electron chi connectivity index (χ4n) is 2.47. The van der Waals surface area contributed by atoms with Crippen LogP contribution in [0.25, 0.3) is 5.57 Å². The standard InChI is InChI=1S/C14H11F7/c1-8-3-2-4-9-7-10(5-6-11(8)9)12(15,13(16,17)18)14(19,20)21/h5-7H,1-4H2. The predicted octanol–water partition coefficient (Wildman–Crippen LogP) is 5.33. The van der Waals surface area contributed by atoms with Crippen molar-refractivity contribution in [3.8, 4) is 0 Å². The van der Waals surface area contributed by atoms with Crippen molar-refractivity contribution < 1.29 is 30.7 Å². The second-order valence-electron chi connectivity index (χ2n) is 4.98. The number of halogens is 7. The molecule has 0 heterocycles. The third-order valence-electron chi connectivity index (χ3n) is 3.59. The van der Waals surface area contributed by atoms with Gasteiger partial charge in [0.15, 0.2) is 0 Å². The Morgan fingerprint density at radius 2 is 1.43 bits per heavy atom. The van der Waals surface area contributed by atoms with E-state index in [0.717, 1.165) is 6.07 Å². The molecular formula is C14H11F7. The van der Waals surface area contributed by atoms with E-state index < -0.39 is 23.6 Å². The summed E-state index contributed by atoms with van der Waals surface area (Å²) in [4.78, 5) is 0. The molecule has 0 aromatic heterocycles. The molecule has 0 unspecified atom stereocenters. The first-order chi connectivity index (χ1) is 9.48. The molecule has 116 valence electrons. The monoisotopic (exact) mass is 312 g/mol. The van der Waals surface area contributed by atoms with E-state index in [1.807, 2.05) is 0 Å². The average Bonchev–Trinajstić information content (AvgIpc) is 2.35. The molecule has 1 aromatic rings. The SMILES string of the molecule is C=C1CCCc2cc(C(F)(C(F)(F)F)C(F)(F)F)ccc21. The Morgan fingerprint density at radius 3 is 1.95 bits per heavy atom. The molecule has 0 radical (unpaired) electrons. The maximum absolute atomic E-state index is 13.9. The van der Waals surface area contributed by atoms with E-state index in [1.165, 1.54) is 0 Å². The summed E-state index contributed by atoms with van der Waals surface area (Å²) in [5.74, 6) is 0. The molecule has 7 heteroatoms. The Hall–Kier alpha value is -1.53. The van der Waals surface area contributed by atoms with Gasteiger partial charge in [-0.15, -0.1) is 0 Å². The molecule has 1 aliphatic carbocycles. The largest absolute Gasteiger partial charge is 0.435 e. The van der Waals surface area contributed by atoms with Crippen molar-refractivity contribution in [2.24, 2.45) is 0 Å². The van der Waals surface area contributed by atoms with Gasteiger partial charge in [-0.1, -0.05) is 24.8 Å². The van der Waals surface area contributed by atoms with Gasteiger partial charge in [0.05, 0.1) is 0 Å². The van der Waals surface area contributed by atoms with Gasteiger partial charge in [-0.3, -0.25) is 0 Å².